The van der Waals surface area contributed by atoms with Gasteiger partial charge in [0.2, 0.25) is 0 Å². The molecule has 0 radical (unpaired) electrons. The molecule has 0 amide bonds. The smallest absolute Gasteiger partial charge is 0.0726 e. The number of nitrogens with one attached hydrogen (secondary N) is 1. The fourth-order valence-corrected chi connectivity index (χ4v) is 1.83. The Labute approximate surface area is 98.2 Å². The molecule has 0 aliphatic rings. The highest BCUT2D eigenvalue weighted by atomic mass is 15.3. The Morgan fingerprint density at radius 1 is 1.44 bits per heavy atom. The summed E-state index contributed by atoms with van der Waals surface area (Å²) >= 11 is 0. The van der Waals surface area contributed by atoms with Crippen molar-refractivity contribution in [3.8, 4) is 0 Å². The third kappa shape index (κ3) is 4.66. The number of anilines is 1. The number of nitrogens with two attached hydrogens (primary N) is 1. The molecule has 92 valence electrons. The van der Waals surface area contributed by atoms with Gasteiger partial charge in [-0.2, -0.15) is 5.10 Å². The van der Waals surface area contributed by atoms with E-state index in [0.29, 0.717) is 5.41 Å². The van der Waals surface area contributed by atoms with E-state index in [0.717, 1.165) is 25.2 Å². The van der Waals surface area contributed by atoms with Crippen LogP contribution in [0.5, 0.6) is 0 Å². The first kappa shape index (κ1) is 13.0. The Hall–Kier alpha value is -1.03. The van der Waals surface area contributed by atoms with Gasteiger partial charge in [0.05, 0.1) is 11.9 Å². The van der Waals surface area contributed by atoms with Crippen molar-refractivity contribution in [2.24, 2.45) is 18.2 Å². The fraction of sp³-hybridized carbons (Fsp3) is 0.750. The van der Waals surface area contributed by atoms with Crippen LogP contribution in [0.2, 0.25) is 0 Å². The normalized spacial score (nSPS) is 11.8. The number of rotatable bonds is 7. The fourth-order valence-electron chi connectivity index (χ4n) is 1.83. The van der Waals surface area contributed by atoms with E-state index in [4.69, 9.17) is 5.73 Å². The van der Waals surface area contributed by atoms with Crippen molar-refractivity contribution in [2.75, 3.05) is 18.4 Å². The van der Waals surface area contributed by atoms with Crippen LogP contribution < -0.4 is 11.1 Å². The highest BCUT2D eigenvalue weighted by molar-refractivity contribution is 5.37. The summed E-state index contributed by atoms with van der Waals surface area (Å²) in [6.45, 7) is 6.34. The van der Waals surface area contributed by atoms with Gasteiger partial charge < -0.3 is 11.1 Å². The molecule has 1 rings (SSSR count). The Morgan fingerprint density at radius 3 is 2.75 bits per heavy atom. The topological polar surface area (TPSA) is 55.9 Å². The second-order valence-electron chi connectivity index (χ2n) is 5.14. The summed E-state index contributed by atoms with van der Waals surface area (Å²) in [4.78, 5) is 0. The van der Waals surface area contributed by atoms with E-state index in [1.54, 1.807) is 4.68 Å². The van der Waals surface area contributed by atoms with E-state index in [9.17, 15) is 0 Å². The van der Waals surface area contributed by atoms with Crippen molar-refractivity contribution in [3.63, 3.8) is 0 Å². The molecule has 4 nitrogen and oxygen atoms in total. The maximum absolute atomic E-state index is 5.59. The first-order valence-corrected chi connectivity index (χ1v) is 5.96. The van der Waals surface area contributed by atoms with Gasteiger partial charge in [0.15, 0.2) is 0 Å². The van der Waals surface area contributed by atoms with Crippen LogP contribution >= 0.6 is 0 Å². The summed E-state index contributed by atoms with van der Waals surface area (Å²) in [5, 5.41) is 7.48. The lowest BCUT2D eigenvalue weighted by atomic mass is 9.84. The lowest BCUT2D eigenvalue weighted by Crippen LogP contribution is -2.18. The van der Waals surface area contributed by atoms with E-state index in [1.807, 2.05) is 19.4 Å². The molecular formula is C12H24N4. The van der Waals surface area contributed by atoms with Gasteiger partial charge in [0, 0.05) is 19.8 Å². The summed E-state index contributed by atoms with van der Waals surface area (Å²) in [7, 11) is 1.93. The molecule has 16 heavy (non-hydrogen) atoms. The summed E-state index contributed by atoms with van der Waals surface area (Å²) in [6.07, 6.45) is 7.31. The van der Waals surface area contributed by atoms with Crippen molar-refractivity contribution in [1.29, 1.82) is 0 Å². The van der Waals surface area contributed by atoms with Crippen LogP contribution in [0.4, 0.5) is 5.69 Å². The Balaban J connectivity index is 2.16. The lowest BCUT2D eigenvalue weighted by Gasteiger charge is -2.23. The standard InChI is InChI=1S/C12H24N4/c1-12(2,6-7-13)5-4-8-14-11-9-15-16(3)10-11/h9-10,14H,4-8,13H2,1-3H3. The van der Waals surface area contributed by atoms with E-state index >= 15 is 0 Å². The van der Waals surface area contributed by atoms with Crippen LogP contribution in [0.15, 0.2) is 12.4 Å². The molecule has 3 N–H and O–H groups in total. The van der Waals surface area contributed by atoms with Crippen molar-refractivity contribution >= 4 is 5.69 Å². The van der Waals surface area contributed by atoms with Crippen molar-refractivity contribution < 1.29 is 0 Å². The molecule has 1 heterocycles. The van der Waals surface area contributed by atoms with Crippen LogP contribution in [0.1, 0.15) is 33.1 Å². The van der Waals surface area contributed by atoms with Gasteiger partial charge in [-0.1, -0.05) is 13.8 Å². The summed E-state index contributed by atoms with van der Waals surface area (Å²) in [5.41, 5.74) is 7.05. The van der Waals surface area contributed by atoms with E-state index in [1.165, 1.54) is 12.8 Å². The summed E-state index contributed by atoms with van der Waals surface area (Å²) in [5.74, 6) is 0. The van der Waals surface area contributed by atoms with E-state index in [-0.39, 0.29) is 0 Å². The largest absolute Gasteiger partial charge is 0.383 e. The van der Waals surface area contributed by atoms with Gasteiger partial charge in [-0.25, -0.2) is 0 Å². The molecule has 0 aromatic carbocycles. The van der Waals surface area contributed by atoms with Gasteiger partial charge >= 0.3 is 0 Å². The van der Waals surface area contributed by atoms with Crippen molar-refractivity contribution in [1.82, 2.24) is 9.78 Å². The Kier molecular flexibility index (Phi) is 4.80. The molecule has 1 aromatic rings. The van der Waals surface area contributed by atoms with Crippen LogP contribution in [0.25, 0.3) is 0 Å². The molecule has 0 fully saturated rings. The van der Waals surface area contributed by atoms with Crippen LogP contribution in [0.3, 0.4) is 0 Å². The minimum atomic E-state index is 0.366. The number of hydrogen-bond acceptors (Lipinski definition) is 3. The van der Waals surface area contributed by atoms with Gasteiger partial charge in [-0.05, 0) is 31.2 Å². The number of aryl methyl sites for hydroxylation is 1. The van der Waals surface area contributed by atoms with Gasteiger partial charge in [-0.15, -0.1) is 0 Å². The lowest BCUT2D eigenvalue weighted by molar-refractivity contribution is 0.308. The first-order chi connectivity index (χ1) is 7.53. The zero-order valence-corrected chi connectivity index (χ0v) is 10.7. The highest BCUT2D eigenvalue weighted by Crippen LogP contribution is 2.25. The molecule has 0 atom stereocenters. The molecule has 0 bridgehead atoms. The average Bonchev–Trinajstić information content (AvgIpc) is 2.59. The van der Waals surface area contributed by atoms with Gasteiger partial charge in [-0.3, -0.25) is 4.68 Å². The molecule has 1 aromatic heterocycles. The third-order valence-corrected chi connectivity index (χ3v) is 2.89. The Morgan fingerprint density at radius 2 is 2.19 bits per heavy atom. The van der Waals surface area contributed by atoms with Gasteiger partial charge in [0.1, 0.15) is 0 Å². The first-order valence-electron chi connectivity index (χ1n) is 5.96. The zero-order valence-electron chi connectivity index (χ0n) is 10.7. The quantitative estimate of drug-likeness (QED) is 0.696. The van der Waals surface area contributed by atoms with Crippen molar-refractivity contribution in [3.05, 3.63) is 12.4 Å². The average molecular weight is 224 g/mol. The molecule has 0 saturated carbocycles. The maximum atomic E-state index is 5.59. The number of nitrogens with zero attached hydrogens (tertiary/aromatic N) is 2. The maximum Gasteiger partial charge on any atom is 0.0726 e. The molecule has 4 heteroatoms. The Bertz CT molecular complexity index is 304. The summed E-state index contributed by atoms with van der Waals surface area (Å²) < 4.78 is 1.81. The molecule has 0 aliphatic heterocycles. The van der Waals surface area contributed by atoms with E-state index < -0.39 is 0 Å². The number of aromatic nitrogens is 2. The van der Waals surface area contributed by atoms with E-state index in [2.05, 4.69) is 24.3 Å². The SMILES string of the molecule is Cn1cc(NCCCC(C)(C)CCN)cn1. The van der Waals surface area contributed by atoms with Crippen LogP contribution in [-0.4, -0.2) is 22.9 Å². The van der Waals surface area contributed by atoms with Crippen molar-refractivity contribution in [2.45, 2.75) is 33.1 Å². The second-order valence-corrected chi connectivity index (χ2v) is 5.14. The number of hydrogen-bond donors (Lipinski definition) is 2. The molecule has 0 unspecified atom stereocenters. The highest BCUT2D eigenvalue weighted by Gasteiger charge is 2.15. The molecule has 0 saturated heterocycles. The molecule has 0 aliphatic carbocycles. The predicted octanol–water partition coefficient (Wildman–Crippen LogP) is 1.99. The molecule has 0 spiro atoms. The summed E-state index contributed by atoms with van der Waals surface area (Å²) in [6, 6.07) is 0. The minimum Gasteiger partial charge on any atom is -0.383 e. The van der Waals surface area contributed by atoms with Crippen LogP contribution in [-0.2, 0) is 7.05 Å². The predicted molar refractivity (Wildman–Crippen MR) is 68.4 cm³/mol. The zero-order chi connectivity index (χ0) is 12.0. The second kappa shape index (κ2) is 5.89. The third-order valence-electron chi connectivity index (χ3n) is 2.89. The monoisotopic (exact) mass is 224 g/mol. The van der Waals surface area contributed by atoms with Gasteiger partial charge in [0.25, 0.3) is 0 Å². The minimum absolute atomic E-state index is 0.366. The van der Waals surface area contributed by atoms with Crippen LogP contribution in [0, 0.1) is 5.41 Å². The molecular weight excluding hydrogens is 200 g/mol.